The summed E-state index contributed by atoms with van der Waals surface area (Å²) in [6, 6.07) is 21.2. The van der Waals surface area contributed by atoms with Crippen molar-refractivity contribution >= 4 is 35.0 Å². The van der Waals surface area contributed by atoms with Crippen LogP contribution >= 0.6 is 11.3 Å². The van der Waals surface area contributed by atoms with Gasteiger partial charge in [-0.3, -0.25) is 9.59 Å². The van der Waals surface area contributed by atoms with E-state index in [4.69, 9.17) is 14.5 Å². The third-order valence-electron chi connectivity index (χ3n) is 6.76. The zero-order chi connectivity index (χ0) is 25.4. The molecule has 8 heteroatoms. The van der Waals surface area contributed by atoms with Crippen LogP contribution in [0.3, 0.4) is 0 Å². The molecule has 0 saturated carbocycles. The van der Waals surface area contributed by atoms with Crippen molar-refractivity contribution in [3.8, 4) is 21.9 Å². The number of aldehydes is 1. The van der Waals surface area contributed by atoms with E-state index in [9.17, 15) is 9.59 Å². The van der Waals surface area contributed by atoms with E-state index >= 15 is 0 Å². The van der Waals surface area contributed by atoms with Crippen LogP contribution in [0.1, 0.15) is 31.3 Å². The number of nitrogens with zero attached hydrogens (tertiary/aromatic N) is 3. The van der Waals surface area contributed by atoms with Crippen LogP contribution in [-0.4, -0.2) is 44.0 Å². The predicted molar refractivity (Wildman–Crippen MR) is 144 cm³/mol. The Labute approximate surface area is 218 Å². The summed E-state index contributed by atoms with van der Waals surface area (Å²) >= 11 is 1.47. The Morgan fingerprint density at radius 1 is 1.05 bits per heavy atom. The molecule has 0 unspecified atom stereocenters. The average Bonchev–Trinajstić information content (AvgIpc) is 3.15. The molecule has 6 rings (SSSR count). The lowest BCUT2D eigenvalue weighted by molar-refractivity contribution is 0.0982. The lowest BCUT2D eigenvalue weighted by Gasteiger charge is -2.24. The van der Waals surface area contributed by atoms with E-state index < -0.39 is 0 Å². The highest BCUT2D eigenvalue weighted by Gasteiger charge is 2.28. The van der Waals surface area contributed by atoms with Crippen LogP contribution in [-0.2, 0) is 13.0 Å². The molecule has 0 spiro atoms. The number of pyridine rings is 1. The smallest absolute Gasteiger partial charge is 0.276 e. The molecule has 0 radical (unpaired) electrons. The van der Waals surface area contributed by atoms with E-state index in [1.165, 1.54) is 11.3 Å². The number of methoxy groups -OCH3 is 1. The van der Waals surface area contributed by atoms with Crippen molar-refractivity contribution < 1.29 is 19.1 Å². The molecular weight excluding hydrogens is 486 g/mol. The first-order valence-corrected chi connectivity index (χ1v) is 13.0. The van der Waals surface area contributed by atoms with Gasteiger partial charge in [-0.05, 0) is 54.4 Å². The highest BCUT2D eigenvalue weighted by molar-refractivity contribution is 7.17. The van der Waals surface area contributed by atoms with Gasteiger partial charge in [-0.25, -0.2) is 4.98 Å². The summed E-state index contributed by atoms with van der Waals surface area (Å²) in [6.45, 7) is 2.27. The molecule has 4 aromatic rings. The first-order chi connectivity index (χ1) is 18.1. The molecule has 0 aliphatic carbocycles. The zero-order valence-corrected chi connectivity index (χ0v) is 21.2. The van der Waals surface area contributed by atoms with E-state index in [2.05, 4.69) is 4.90 Å². The molecular formula is C29H25N3O4S. The molecule has 2 aromatic carbocycles. The summed E-state index contributed by atoms with van der Waals surface area (Å²) in [7, 11) is 1.65. The Kier molecular flexibility index (Phi) is 6.10. The van der Waals surface area contributed by atoms with Gasteiger partial charge in [0.1, 0.15) is 29.6 Å². The molecule has 2 aromatic heterocycles. The van der Waals surface area contributed by atoms with Gasteiger partial charge in [0.25, 0.3) is 5.91 Å². The van der Waals surface area contributed by atoms with Crippen molar-refractivity contribution in [3.63, 3.8) is 0 Å². The van der Waals surface area contributed by atoms with Gasteiger partial charge in [0.15, 0.2) is 6.29 Å². The first-order valence-electron chi connectivity index (χ1n) is 12.2. The highest BCUT2D eigenvalue weighted by Crippen LogP contribution is 2.41. The van der Waals surface area contributed by atoms with Gasteiger partial charge >= 0.3 is 0 Å². The molecule has 2 aliphatic heterocycles. The first kappa shape index (κ1) is 23.2. The van der Waals surface area contributed by atoms with Crippen molar-refractivity contribution in [2.75, 3.05) is 36.6 Å². The van der Waals surface area contributed by atoms with E-state index in [1.807, 2.05) is 60.7 Å². The average molecular weight is 512 g/mol. The number of carbonyl (C=O) groups excluding carboxylic acids is 2. The third kappa shape index (κ3) is 4.34. The monoisotopic (exact) mass is 511 g/mol. The minimum absolute atomic E-state index is 0.145. The van der Waals surface area contributed by atoms with Crippen molar-refractivity contribution in [1.29, 1.82) is 0 Å². The molecule has 4 heterocycles. The lowest BCUT2D eigenvalue weighted by atomic mass is 10.1. The van der Waals surface area contributed by atoms with Crippen LogP contribution < -0.4 is 19.3 Å². The fraction of sp³-hybridized carbons (Fsp3) is 0.207. The van der Waals surface area contributed by atoms with Gasteiger partial charge in [0.05, 0.1) is 24.2 Å². The lowest BCUT2D eigenvalue weighted by Crippen LogP contribution is -2.34. The molecule has 1 amide bonds. The van der Waals surface area contributed by atoms with Crippen molar-refractivity contribution in [2.24, 2.45) is 0 Å². The van der Waals surface area contributed by atoms with Gasteiger partial charge in [-0.1, -0.05) is 24.3 Å². The normalized spacial score (nSPS) is 14.4. The van der Waals surface area contributed by atoms with E-state index in [1.54, 1.807) is 18.1 Å². The summed E-state index contributed by atoms with van der Waals surface area (Å²) in [5.74, 6) is 2.19. The van der Waals surface area contributed by atoms with Gasteiger partial charge in [-0.2, -0.15) is 0 Å². The molecule has 2 aliphatic rings. The topological polar surface area (TPSA) is 72.0 Å². The largest absolute Gasteiger partial charge is 0.497 e. The molecule has 0 bridgehead atoms. The number of anilines is 2. The Morgan fingerprint density at radius 3 is 2.81 bits per heavy atom. The zero-order valence-electron chi connectivity index (χ0n) is 20.3. The maximum absolute atomic E-state index is 13.8. The van der Waals surface area contributed by atoms with Crippen molar-refractivity contribution in [1.82, 2.24) is 4.98 Å². The van der Waals surface area contributed by atoms with Gasteiger partial charge in [-0.15, -0.1) is 11.3 Å². The number of rotatable bonds is 4. The molecule has 0 atom stereocenters. The second-order valence-corrected chi connectivity index (χ2v) is 10.1. The van der Waals surface area contributed by atoms with Crippen LogP contribution in [0.2, 0.25) is 0 Å². The molecule has 186 valence electrons. The molecule has 37 heavy (non-hydrogen) atoms. The Morgan fingerprint density at radius 2 is 1.95 bits per heavy atom. The number of amides is 1. The summed E-state index contributed by atoms with van der Waals surface area (Å²) in [5.41, 5.74) is 4.30. The number of aromatic nitrogens is 1. The van der Waals surface area contributed by atoms with Crippen LogP contribution in [0.4, 0.5) is 11.5 Å². The maximum Gasteiger partial charge on any atom is 0.276 e. The minimum atomic E-state index is -0.145. The third-order valence-corrected chi connectivity index (χ3v) is 7.89. The van der Waals surface area contributed by atoms with E-state index in [-0.39, 0.29) is 5.91 Å². The van der Waals surface area contributed by atoms with Gasteiger partial charge in [0.2, 0.25) is 0 Å². The van der Waals surface area contributed by atoms with Crippen LogP contribution in [0.5, 0.6) is 11.5 Å². The van der Waals surface area contributed by atoms with Gasteiger partial charge < -0.3 is 19.3 Å². The predicted octanol–water partition coefficient (Wildman–Crippen LogP) is 5.23. The number of fused-ring (bicyclic) bond motifs is 4. The number of carbonyl (C=O) groups is 2. The summed E-state index contributed by atoms with van der Waals surface area (Å²) < 4.78 is 11.3. The summed E-state index contributed by atoms with van der Waals surface area (Å²) in [4.78, 5) is 35.7. The summed E-state index contributed by atoms with van der Waals surface area (Å²) in [6.07, 6.45) is 1.56. The van der Waals surface area contributed by atoms with Crippen LogP contribution in [0.15, 0.2) is 66.7 Å². The number of hydrogen-bond acceptors (Lipinski definition) is 7. The second-order valence-electron chi connectivity index (χ2n) is 8.97. The fourth-order valence-electron chi connectivity index (χ4n) is 4.94. The minimum Gasteiger partial charge on any atom is -0.497 e. The molecule has 7 nitrogen and oxygen atoms in total. The molecule has 0 N–H and O–H groups in total. The fourth-order valence-corrected chi connectivity index (χ4v) is 6.00. The molecule has 0 saturated heterocycles. The number of ether oxygens (including phenoxy) is 2. The van der Waals surface area contributed by atoms with E-state index in [0.717, 1.165) is 50.9 Å². The standard InChI is InChI=1S/C29H25N3O4S/c1-35-21-9-10-26-20(15-21)17-31(13-14-36-26)27-8-4-6-24(30-27)29(34)32-12-11-19-16-22(18-33)37-28(19)23-5-2-3-7-25(23)32/h2-10,15-16,18H,11-14,17H2,1H3. The van der Waals surface area contributed by atoms with Crippen LogP contribution in [0.25, 0.3) is 10.4 Å². The number of para-hydroxylation sites is 1. The van der Waals surface area contributed by atoms with Crippen molar-refractivity contribution in [2.45, 2.75) is 13.0 Å². The number of benzene rings is 2. The highest BCUT2D eigenvalue weighted by atomic mass is 32.1. The quantitative estimate of drug-likeness (QED) is 0.349. The second kappa shape index (κ2) is 9.71. The Balaban J connectivity index is 1.31. The Hall–Kier alpha value is -4.17. The maximum atomic E-state index is 13.8. The Bertz CT molecular complexity index is 1500. The molecule has 0 fully saturated rings. The van der Waals surface area contributed by atoms with Crippen molar-refractivity contribution in [3.05, 3.63) is 88.4 Å². The number of thiophene rings is 1. The number of hydrogen-bond donors (Lipinski definition) is 0. The SMILES string of the molecule is COc1ccc2c(c1)CN(c1cccc(C(=O)N3CCc4cc(C=O)sc4-c4ccccc43)n1)CCO2. The van der Waals surface area contributed by atoms with Gasteiger partial charge in [0, 0.05) is 29.1 Å². The van der Waals surface area contributed by atoms with Crippen LogP contribution in [0, 0.1) is 0 Å². The summed E-state index contributed by atoms with van der Waals surface area (Å²) in [5, 5.41) is 0. The van der Waals surface area contributed by atoms with E-state index in [0.29, 0.717) is 43.2 Å².